The monoisotopic (exact) mass is 563 g/mol. The molecular formula is C33H29N3O4S. The van der Waals surface area contributed by atoms with E-state index in [4.69, 9.17) is 4.74 Å². The van der Waals surface area contributed by atoms with Gasteiger partial charge in [0.05, 0.1) is 12.8 Å². The molecule has 0 aliphatic carbocycles. The first-order chi connectivity index (χ1) is 19.9. The molecule has 1 aliphatic rings. The van der Waals surface area contributed by atoms with Gasteiger partial charge in [-0.05, 0) is 73.0 Å². The van der Waals surface area contributed by atoms with Crippen molar-refractivity contribution < 1.29 is 19.1 Å². The molecule has 5 rings (SSSR count). The van der Waals surface area contributed by atoms with E-state index in [0.29, 0.717) is 35.7 Å². The lowest BCUT2D eigenvalue weighted by Gasteiger charge is -2.19. The number of benzene rings is 4. The molecular weight excluding hydrogens is 534 g/mol. The van der Waals surface area contributed by atoms with E-state index in [1.165, 1.54) is 18.9 Å². The van der Waals surface area contributed by atoms with Gasteiger partial charge in [-0.25, -0.2) is 4.90 Å². The zero-order valence-electron chi connectivity index (χ0n) is 22.7. The van der Waals surface area contributed by atoms with Crippen LogP contribution in [0.4, 0.5) is 17.1 Å². The zero-order valence-corrected chi connectivity index (χ0v) is 23.5. The fourth-order valence-corrected chi connectivity index (χ4v) is 5.35. The fourth-order valence-electron chi connectivity index (χ4n) is 4.42. The summed E-state index contributed by atoms with van der Waals surface area (Å²) >= 11 is 1.19. The van der Waals surface area contributed by atoms with Gasteiger partial charge in [-0.3, -0.25) is 14.4 Å². The number of para-hydroxylation sites is 1. The van der Waals surface area contributed by atoms with Crippen LogP contribution in [0.25, 0.3) is 0 Å². The third-order valence-electron chi connectivity index (χ3n) is 6.50. The normalized spacial score (nSPS) is 13.0. The minimum atomic E-state index is -0.465. The Bertz CT molecular complexity index is 1600. The molecule has 0 spiro atoms. The number of thioether (sulfide) groups is 1. The summed E-state index contributed by atoms with van der Waals surface area (Å²) in [5.41, 5.74) is 3.92. The first-order valence-corrected chi connectivity index (χ1v) is 14.0. The summed E-state index contributed by atoms with van der Waals surface area (Å²) in [6.07, 6.45) is 1.03. The number of hydrogen-bond donors (Lipinski definition) is 2. The van der Waals surface area contributed by atoms with Crippen molar-refractivity contribution in [2.24, 2.45) is 0 Å². The number of hydrogen-bond acceptors (Lipinski definition) is 6. The summed E-state index contributed by atoms with van der Waals surface area (Å²) in [5, 5.41) is 6.08. The van der Waals surface area contributed by atoms with Gasteiger partial charge in [0.25, 0.3) is 11.8 Å². The average molecular weight is 564 g/mol. The summed E-state index contributed by atoms with van der Waals surface area (Å²) < 4.78 is 5.48. The van der Waals surface area contributed by atoms with Gasteiger partial charge in [0, 0.05) is 22.7 Å². The van der Waals surface area contributed by atoms with Gasteiger partial charge in [-0.1, -0.05) is 66.4 Å². The number of rotatable bonds is 10. The molecule has 0 radical (unpaired) electrons. The highest BCUT2D eigenvalue weighted by atomic mass is 32.2. The third kappa shape index (κ3) is 6.50. The van der Waals surface area contributed by atoms with Gasteiger partial charge in [0.1, 0.15) is 16.4 Å². The highest BCUT2D eigenvalue weighted by Gasteiger charge is 2.41. The molecule has 0 fully saturated rings. The quantitative estimate of drug-likeness (QED) is 0.212. The van der Waals surface area contributed by atoms with Crippen LogP contribution in [0.1, 0.15) is 17.5 Å². The SMILES string of the molecule is COc1ccc(C)cc1N1C(=O)C(Nc2ccccc2)=C(Sc2ccc(NC(=O)CCc3ccccc3)cc2)C1=O. The minimum Gasteiger partial charge on any atom is -0.495 e. The Morgan fingerprint density at radius 1 is 0.829 bits per heavy atom. The van der Waals surface area contributed by atoms with Crippen LogP contribution in [-0.4, -0.2) is 24.8 Å². The Balaban J connectivity index is 1.36. The Hall–Kier alpha value is -4.82. The minimum absolute atomic E-state index is 0.0781. The van der Waals surface area contributed by atoms with Crippen LogP contribution >= 0.6 is 11.8 Å². The van der Waals surface area contributed by atoms with Crippen LogP contribution < -0.4 is 20.3 Å². The van der Waals surface area contributed by atoms with Crippen molar-refractivity contribution in [3.8, 4) is 5.75 Å². The molecule has 1 heterocycles. The van der Waals surface area contributed by atoms with E-state index in [1.807, 2.05) is 85.8 Å². The molecule has 41 heavy (non-hydrogen) atoms. The smallest absolute Gasteiger partial charge is 0.283 e. The number of methoxy groups -OCH3 is 1. The first kappa shape index (κ1) is 27.7. The van der Waals surface area contributed by atoms with Crippen molar-refractivity contribution in [1.82, 2.24) is 0 Å². The predicted octanol–water partition coefficient (Wildman–Crippen LogP) is 6.56. The number of imide groups is 1. The van der Waals surface area contributed by atoms with Crippen molar-refractivity contribution in [2.45, 2.75) is 24.7 Å². The maximum absolute atomic E-state index is 13.8. The van der Waals surface area contributed by atoms with E-state index in [1.54, 1.807) is 24.3 Å². The Morgan fingerprint density at radius 3 is 2.20 bits per heavy atom. The second-order valence-electron chi connectivity index (χ2n) is 9.48. The molecule has 3 amide bonds. The van der Waals surface area contributed by atoms with Crippen molar-refractivity contribution in [3.63, 3.8) is 0 Å². The summed E-state index contributed by atoms with van der Waals surface area (Å²) in [7, 11) is 1.51. The summed E-state index contributed by atoms with van der Waals surface area (Å²) in [5.74, 6) is -0.561. The summed E-state index contributed by atoms with van der Waals surface area (Å²) in [6, 6.07) is 31.7. The van der Waals surface area contributed by atoms with E-state index >= 15 is 0 Å². The van der Waals surface area contributed by atoms with Gasteiger partial charge in [0.15, 0.2) is 0 Å². The van der Waals surface area contributed by atoms with E-state index in [9.17, 15) is 14.4 Å². The number of nitrogens with one attached hydrogen (secondary N) is 2. The van der Waals surface area contributed by atoms with Crippen LogP contribution in [0, 0.1) is 6.92 Å². The third-order valence-corrected chi connectivity index (χ3v) is 7.59. The predicted molar refractivity (Wildman–Crippen MR) is 163 cm³/mol. The number of carbonyl (C=O) groups excluding carboxylic acids is 3. The Labute approximate surface area is 243 Å². The van der Waals surface area contributed by atoms with Crippen LogP contribution in [0.5, 0.6) is 5.75 Å². The number of carbonyl (C=O) groups is 3. The second kappa shape index (κ2) is 12.6. The molecule has 8 heteroatoms. The van der Waals surface area contributed by atoms with Gasteiger partial charge >= 0.3 is 0 Å². The number of nitrogens with zero attached hydrogens (tertiary/aromatic N) is 1. The zero-order chi connectivity index (χ0) is 28.8. The van der Waals surface area contributed by atoms with Crippen molar-refractivity contribution in [2.75, 3.05) is 22.6 Å². The van der Waals surface area contributed by atoms with Crippen LogP contribution in [0.3, 0.4) is 0 Å². The number of anilines is 3. The molecule has 4 aromatic rings. The first-order valence-electron chi connectivity index (χ1n) is 13.1. The highest BCUT2D eigenvalue weighted by molar-refractivity contribution is 8.04. The Morgan fingerprint density at radius 2 is 1.51 bits per heavy atom. The van der Waals surface area contributed by atoms with Crippen molar-refractivity contribution in [3.05, 3.63) is 125 Å². The molecule has 0 unspecified atom stereocenters. The maximum Gasteiger partial charge on any atom is 0.283 e. The standard InChI is InChI=1S/C33H29N3O4S/c1-22-13-19-28(40-2)27(21-22)36-32(38)30(35-24-11-7-4-8-12-24)31(33(36)39)41-26-17-15-25(16-18-26)34-29(37)20-14-23-9-5-3-6-10-23/h3-13,15-19,21,35H,14,20H2,1-2H3,(H,34,37). The lowest BCUT2D eigenvalue weighted by Crippen LogP contribution is -2.32. The van der Waals surface area contributed by atoms with E-state index in [2.05, 4.69) is 10.6 Å². The van der Waals surface area contributed by atoms with Crippen LogP contribution in [0.15, 0.2) is 119 Å². The van der Waals surface area contributed by atoms with Crippen LogP contribution in [-0.2, 0) is 20.8 Å². The van der Waals surface area contributed by atoms with Crippen molar-refractivity contribution >= 4 is 46.5 Å². The number of ether oxygens (including phenoxy) is 1. The maximum atomic E-state index is 13.8. The number of aryl methyl sites for hydroxylation is 2. The fraction of sp³-hybridized carbons (Fsp3) is 0.121. The highest BCUT2D eigenvalue weighted by Crippen LogP contribution is 2.41. The molecule has 4 aromatic carbocycles. The number of amides is 3. The molecule has 0 saturated heterocycles. The van der Waals surface area contributed by atoms with E-state index in [-0.39, 0.29) is 16.5 Å². The molecule has 0 saturated carbocycles. The lowest BCUT2D eigenvalue weighted by atomic mass is 10.1. The molecule has 0 bridgehead atoms. The summed E-state index contributed by atoms with van der Waals surface area (Å²) in [6.45, 7) is 1.89. The van der Waals surface area contributed by atoms with E-state index < -0.39 is 11.8 Å². The molecule has 0 atom stereocenters. The van der Waals surface area contributed by atoms with Gasteiger partial charge in [0.2, 0.25) is 5.91 Å². The average Bonchev–Trinajstić information content (AvgIpc) is 3.21. The van der Waals surface area contributed by atoms with Gasteiger partial charge in [-0.2, -0.15) is 0 Å². The molecule has 2 N–H and O–H groups in total. The van der Waals surface area contributed by atoms with Gasteiger partial charge < -0.3 is 15.4 Å². The molecule has 206 valence electrons. The lowest BCUT2D eigenvalue weighted by molar-refractivity contribution is -0.120. The van der Waals surface area contributed by atoms with Gasteiger partial charge in [-0.15, -0.1) is 0 Å². The molecule has 1 aliphatic heterocycles. The summed E-state index contributed by atoms with van der Waals surface area (Å²) in [4.78, 5) is 42.1. The second-order valence-corrected chi connectivity index (χ2v) is 10.6. The van der Waals surface area contributed by atoms with Crippen LogP contribution in [0.2, 0.25) is 0 Å². The Kier molecular flexibility index (Phi) is 8.50. The van der Waals surface area contributed by atoms with Crippen molar-refractivity contribution in [1.29, 1.82) is 0 Å². The topological polar surface area (TPSA) is 87.7 Å². The molecule has 0 aromatic heterocycles. The largest absolute Gasteiger partial charge is 0.495 e. The molecule has 7 nitrogen and oxygen atoms in total. The van der Waals surface area contributed by atoms with E-state index in [0.717, 1.165) is 20.9 Å².